The highest BCUT2D eigenvalue weighted by molar-refractivity contribution is 4.77. The Hall–Kier alpha value is -1.04. The Morgan fingerprint density at radius 2 is 2.00 bits per heavy atom. The highest BCUT2D eigenvalue weighted by atomic mass is 16.7. The third kappa shape index (κ3) is 5.69. The topological polar surface area (TPSA) is 54.1 Å². The van der Waals surface area contributed by atoms with Gasteiger partial charge in [-0.2, -0.15) is 0 Å². The predicted octanol–water partition coefficient (Wildman–Crippen LogP) is 3.04. The quantitative estimate of drug-likeness (QED) is 0.412. The van der Waals surface area contributed by atoms with E-state index >= 15 is 0 Å². The fourth-order valence-corrected chi connectivity index (χ4v) is 2.38. The van der Waals surface area contributed by atoms with E-state index < -0.39 is 0 Å². The zero-order valence-corrected chi connectivity index (χ0v) is 14.5. The van der Waals surface area contributed by atoms with Gasteiger partial charge >= 0.3 is 0 Å². The van der Waals surface area contributed by atoms with Crippen LogP contribution in [0.15, 0.2) is 5.28 Å². The molecule has 0 aromatic rings. The summed E-state index contributed by atoms with van der Waals surface area (Å²) in [5.74, 6) is 0.753. The maximum atomic E-state index is 11.8. The number of hydrogen-bond donors (Lipinski definition) is 0. The lowest BCUT2D eigenvalue weighted by Crippen LogP contribution is -2.42. The van der Waals surface area contributed by atoms with Crippen molar-refractivity contribution in [2.75, 3.05) is 26.7 Å². The van der Waals surface area contributed by atoms with Crippen LogP contribution in [0, 0.1) is 11.1 Å². The molecule has 1 heterocycles. The van der Waals surface area contributed by atoms with E-state index in [0.29, 0.717) is 4.97 Å². The van der Waals surface area contributed by atoms with Crippen molar-refractivity contribution in [2.45, 2.75) is 65.5 Å². The van der Waals surface area contributed by atoms with Crippen molar-refractivity contribution in [2.24, 2.45) is 11.2 Å². The molecular formula is C15H32N4O2. The standard InChI is InChI=1S/C15H32N4O2/c1-7-13(8-2)11-18-10-9-14(12-18)21-16-19(20)17(6)15(3,4)5/h13-14H,7-12H2,1-6H3/b19-16-/t14-/m1/s1. The third-order valence-corrected chi connectivity index (χ3v) is 4.39. The maximum absolute atomic E-state index is 11.8. The zero-order chi connectivity index (χ0) is 16.0. The molecule has 6 nitrogen and oxygen atoms in total. The first-order valence-corrected chi connectivity index (χ1v) is 8.08. The first kappa shape index (κ1) is 18.0. The number of hydrogen-bond acceptors (Lipinski definition) is 4. The molecule has 0 N–H and O–H groups in total. The Bertz CT molecular complexity index is 337. The molecule has 1 rings (SSSR count). The normalized spacial score (nSPS) is 21.1. The average Bonchev–Trinajstić information content (AvgIpc) is 2.87. The van der Waals surface area contributed by atoms with Crippen LogP contribution in [0.2, 0.25) is 0 Å². The van der Waals surface area contributed by atoms with Crippen molar-refractivity contribution in [1.29, 1.82) is 0 Å². The van der Waals surface area contributed by atoms with E-state index in [2.05, 4.69) is 24.0 Å². The second kappa shape index (κ2) is 7.82. The molecule has 0 amide bonds. The molecule has 0 aliphatic carbocycles. The van der Waals surface area contributed by atoms with Crippen LogP contribution in [-0.4, -0.2) is 53.2 Å². The summed E-state index contributed by atoms with van der Waals surface area (Å²) in [6, 6.07) is 0. The monoisotopic (exact) mass is 300 g/mol. The minimum atomic E-state index is -0.272. The highest BCUT2D eigenvalue weighted by Crippen LogP contribution is 2.18. The van der Waals surface area contributed by atoms with E-state index in [9.17, 15) is 5.21 Å². The van der Waals surface area contributed by atoms with Crippen LogP contribution in [0.3, 0.4) is 0 Å². The van der Waals surface area contributed by atoms with Gasteiger partial charge in [0.25, 0.3) is 0 Å². The van der Waals surface area contributed by atoms with Crippen molar-refractivity contribution in [3.63, 3.8) is 0 Å². The summed E-state index contributed by atoms with van der Waals surface area (Å²) in [7, 11) is 1.72. The van der Waals surface area contributed by atoms with Crippen LogP contribution < -0.4 is 0 Å². The minimum Gasteiger partial charge on any atom is -0.569 e. The Kier molecular flexibility index (Phi) is 6.71. The SMILES string of the molecule is CCC(CC)CN1CC[C@@H](O/N=[N+](\[O-])N(C)C(C)(C)C)C1. The summed E-state index contributed by atoms with van der Waals surface area (Å²) in [6.45, 7) is 13.4. The summed E-state index contributed by atoms with van der Waals surface area (Å²) in [4.78, 5) is 8.38. The summed E-state index contributed by atoms with van der Waals surface area (Å²) in [6.07, 6.45) is 3.40. The van der Waals surface area contributed by atoms with Crippen LogP contribution in [0.25, 0.3) is 0 Å². The Labute approximate surface area is 129 Å². The Morgan fingerprint density at radius 1 is 1.38 bits per heavy atom. The van der Waals surface area contributed by atoms with Crippen molar-refractivity contribution in [3.8, 4) is 0 Å². The third-order valence-electron chi connectivity index (χ3n) is 4.39. The zero-order valence-electron chi connectivity index (χ0n) is 14.5. The van der Waals surface area contributed by atoms with E-state index in [1.54, 1.807) is 7.05 Å². The fraction of sp³-hybridized carbons (Fsp3) is 1.00. The van der Waals surface area contributed by atoms with Gasteiger partial charge in [-0.05, 0) is 26.7 Å². The van der Waals surface area contributed by atoms with Crippen LogP contribution in [-0.2, 0) is 4.84 Å². The molecule has 124 valence electrons. The van der Waals surface area contributed by atoms with Crippen LogP contribution in [0.5, 0.6) is 0 Å². The summed E-state index contributed by atoms with van der Waals surface area (Å²) in [5, 5.41) is 17.1. The molecule has 1 fully saturated rings. The predicted molar refractivity (Wildman–Crippen MR) is 83.6 cm³/mol. The van der Waals surface area contributed by atoms with Gasteiger partial charge in [0, 0.05) is 26.1 Å². The second-order valence-electron chi connectivity index (χ2n) is 6.99. The van der Waals surface area contributed by atoms with Crippen LogP contribution in [0.4, 0.5) is 0 Å². The molecule has 1 atom stereocenters. The van der Waals surface area contributed by atoms with Gasteiger partial charge in [-0.3, -0.25) is 4.90 Å². The van der Waals surface area contributed by atoms with Gasteiger partial charge in [0.1, 0.15) is 6.10 Å². The van der Waals surface area contributed by atoms with E-state index in [1.165, 1.54) is 17.9 Å². The molecule has 0 unspecified atom stereocenters. The van der Waals surface area contributed by atoms with Gasteiger partial charge in [0.05, 0.1) is 17.6 Å². The molecule has 0 bridgehead atoms. The second-order valence-corrected chi connectivity index (χ2v) is 6.99. The number of hydrazine groups is 1. The molecular weight excluding hydrogens is 268 g/mol. The lowest BCUT2D eigenvalue weighted by Gasteiger charge is -2.26. The molecule has 6 heteroatoms. The highest BCUT2D eigenvalue weighted by Gasteiger charge is 2.28. The van der Waals surface area contributed by atoms with Gasteiger partial charge in [0.15, 0.2) is 0 Å². The smallest absolute Gasteiger partial charge is 0.233 e. The minimum absolute atomic E-state index is 0.0316. The lowest BCUT2D eigenvalue weighted by molar-refractivity contribution is -0.720. The van der Waals surface area contributed by atoms with Gasteiger partial charge in [0.2, 0.25) is 5.28 Å². The van der Waals surface area contributed by atoms with Crippen molar-refractivity contribution >= 4 is 0 Å². The molecule has 0 radical (unpaired) electrons. The number of rotatable bonds is 7. The first-order valence-electron chi connectivity index (χ1n) is 8.08. The van der Waals surface area contributed by atoms with E-state index in [4.69, 9.17) is 4.84 Å². The van der Waals surface area contributed by atoms with Crippen molar-refractivity contribution < 1.29 is 9.81 Å². The molecule has 0 aromatic heterocycles. The molecule has 1 aliphatic rings. The van der Waals surface area contributed by atoms with Gasteiger partial charge in [-0.1, -0.05) is 26.7 Å². The Balaban J connectivity index is 2.41. The first-order chi connectivity index (χ1) is 9.77. The van der Waals surface area contributed by atoms with Crippen LogP contribution >= 0.6 is 0 Å². The summed E-state index contributed by atoms with van der Waals surface area (Å²) in [5.41, 5.74) is -0.272. The molecule has 0 aromatic carbocycles. The summed E-state index contributed by atoms with van der Waals surface area (Å²) >= 11 is 0. The van der Waals surface area contributed by atoms with E-state index in [0.717, 1.165) is 32.0 Å². The molecule has 1 aliphatic heterocycles. The molecule has 21 heavy (non-hydrogen) atoms. The maximum Gasteiger partial charge on any atom is 0.233 e. The van der Waals surface area contributed by atoms with Crippen LogP contribution in [0.1, 0.15) is 53.9 Å². The largest absolute Gasteiger partial charge is 0.569 e. The number of likely N-dealkylation sites (tertiary alicyclic amines) is 1. The van der Waals surface area contributed by atoms with Crippen molar-refractivity contribution in [1.82, 2.24) is 9.91 Å². The lowest BCUT2D eigenvalue weighted by atomic mass is 10.0. The van der Waals surface area contributed by atoms with Gasteiger partial charge in [-0.25, -0.2) is 0 Å². The number of nitrogens with zero attached hydrogens (tertiary/aromatic N) is 4. The van der Waals surface area contributed by atoms with Gasteiger partial charge < -0.3 is 10.0 Å². The fourth-order valence-electron chi connectivity index (χ4n) is 2.38. The van der Waals surface area contributed by atoms with E-state index in [-0.39, 0.29) is 11.6 Å². The van der Waals surface area contributed by atoms with E-state index in [1.807, 2.05) is 20.8 Å². The molecule has 0 saturated carbocycles. The van der Waals surface area contributed by atoms with Crippen molar-refractivity contribution in [3.05, 3.63) is 5.21 Å². The molecule has 0 spiro atoms. The summed E-state index contributed by atoms with van der Waals surface area (Å²) < 4.78 is 0. The average molecular weight is 300 g/mol. The Morgan fingerprint density at radius 3 is 2.52 bits per heavy atom. The molecule has 1 saturated heterocycles. The van der Waals surface area contributed by atoms with Gasteiger partial charge in [-0.15, -0.1) is 5.01 Å².